The van der Waals surface area contributed by atoms with Gasteiger partial charge < -0.3 is 10.1 Å². The molecule has 0 heterocycles. The lowest BCUT2D eigenvalue weighted by Gasteiger charge is -2.20. The highest BCUT2D eigenvalue weighted by atomic mass is 35.5. The molecule has 0 spiro atoms. The van der Waals surface area contributed by atoms with Gasteiger partial charge in [0.05, 0.1) is 6.04 Å². The zero-order chi connectivity index (χ0) is 20.1. The molecule has 0 aliphatic heterocycles. The summed E-state index contributed by atoms with van der Waals surface area (Å²) >= 11 is 6.02. The predicted molar refractivity (Wildman–Crippen MR) is 117 cm³/mol. The first-order valence-corrected chi connectivity index (χ1v) is 9.78. The maximum atomic E-state index is 12.6. The highest BCUT2D eigenvalue weighted by Crippen LogP contribution is 2.24. The van der Waals surface area contributed by atoms with Gasteiger partial charge in [0, 0.05) is 5.02 Å². The van der Waals surface area contributed by atoms with Gasteiger partial charge in [-0.1, -0.05) is 84.4 Å². The second kappa shape index (κ2) is 8.80. The first-order valence-electron chi connectivity index (χ1n) is 9.40. The number of rotatable bonds is 6. The molecule has 0 aliphatic carbocycles. The SMILES string of the molecule is O=C(COc1ccc2ccccc2c1)N[C@@H](c1ccccc1)c1ccc(Cl)cc1. The maximum Gasteiger partial charge on any atom is 0.258 e. The minimum atomic E-state index is -0.277. The Labute approximate surface area is 174 Å². The van der Waals surface area contributed by atoms with Crippen molar-refractivity contribution < 1.29 is 9.53 Å². The van der Waals surface area contributed by atoms with Crippen molar-refractivity contribution in [3.63, 3.8) is 0 Å². The highest BCUT2D eigenvalue weighted by molar-refractivity contribution is 6.30. The van der Waals surface area contributed by atoms with Gasteiger partial charge in [0.1, 0.15) is 5.75 Å². The fourth-order valence-electron chi connectivity index (χ4n) is 3.27. The van der Waals surface area contributed by atoms with Crippen molar-refractivity contribution >= 4 is 28.3 Å². The molecule has 4 aromatic carbocycles. The number of hydrogen-bond acceptors (Lipinski definition) is 2. The summed E-state index contributed by atoms with van der Waals surface area (Å²) in [6, 6.07) is 30.9. The molecule has 0 radical (unpaired) electrons. The maximum absolute atomic E-state index is 12.6. The van der Waals surface area contributed by atoms with Crippen molar-refractivity contribution in [2.24, 2.45) is 0 Å². The standard InChI is InChI=1S/C25H20ClNO2/c26-22-13-10-20(11-14-22)25(19-7-2-1-3-8-19)27-24(28)17-29-23-15-12-18-6-4-5-9-21(18)16-23/h1-16,25H,17H2,(H,27,28)/t25-/m0/s1. The van der Waals surface area contributed by atoms with Crippen LogP contribution >= 0.6 is 11.6 Å². The summed E-state index contributed by atoms with van der Waals surface area (Å²) in [7, 11) is 0. The number of benzene rings is 4. The summed E-state index contributed by atoms with van der Waals surface area (Å²) < 4.78 is 5.73. The normalized spacial score (nSPS) is 11.8. The van der Waals surface area contributed by atoms with Gasteiger partial charge in [-0.25, -0.2) is 0 Å². The van der Waals surface area contributed by atoms with E-state index in [1.807, 2.05) is 97.1 Å². The van der Waals surface area contributed by atoms with Crippen LogP contribution in [0.3, 0.4) is 0 Å². The van der Waals surface area contributed by atoms with Crippen LogP contribution in [0.2, 0.25) is 5.02 Å². The van der Waals surface area contributed by atoms with E-state index in [4.69, 9.17) is 16.3 Å². The molecule has 0 saturated heterocycles. The fraction of sp³-hybridized carbons (Fsp3) is 0.0800. The van der Waals surface area contributed by atoms with E-state index in [9.17, 15) is 4.79 Å². The van der Waals surface area contributed by atoms with Gasteiger partial charge in [-0.2, -0.15) is 0 Å². The second-order valence-corrected chi connectivity index (χ2v) is 7.20. The molecule has 144 valence electrons. The number of carbonyl (C=O) groups excluding carboxylic acids is 1. The molecular formula is C25H20ClNO2. The third-order valence-electron chi connectivity index (χ3n) is 4.73. The van der Waals surface area contributed by atoms with Crippen molar-refractivity contribution in [1.29, 1.82) is 0 Å². The lowest BCUT2D eigenvalue weighted by atomic mass is 9.99. The van der Waals surface area contributed by atoms with E-state index in [2.05, 4.69) is 5.32 Å². The number of ether oxygens (including phenoxy) is 1. The molecule has 3 nitrogen and oxygen atoms in total. The second-order valence-electron chi connectivity index (χ2n) is 6.76. The van der Waals surface area contributed by atoms with E-state index in [1.54, 1.807) is 0 Å². The highest BCUT2D eigenvalue weighted by Gasteiger charge is 2.17. The average Bonchev–Trinajstić information content (AvgIpc) is 2.77. The molecule has 0 saturated carbocycles. The molecule has 0 aliphatic rings. The van der Waals surface area contributed by atoms with Gasteiger partial charge >= 0.3 is 0 Å². The Morgan fingerprint density at radius 3 is 2.21 bits per heavy atom. The molecule has 29 heavy (non-hydrogen) atoms. The molecule has 0 aromatic heterocycles. The fourth-order valence-corrected chi connectivity index (χ4v) is 3.39. The van der Waals surface area contributed by atoms with Crippen LogP contribution in [0.1, 0.15) is 17.2 Å². The molecule has 1 atom stereocenters. The Kier molecular flexibility index (Phi) is 5.78. The van der Waals surface area contributed by atoms with Crippen LogP contribution < -0.4 is 10.1 Å². The van der Waals surface area contributed by atoms with Gasteiger partial charge in [0.15, 0.2) is 6.61 Å². The molecular weight excluding hydrogens is 382 g/mol. The minimum absolute atomic E-state index is 0.0603. The van der Waals surface area contributed by atoms with Gasteiger partial charge in [-0.15, -0.1) is 0 Å². The lowest BCUT2D eigenvalue weighted by Crippen LogP contribution is -2.33. The van der Waals surface area contributed by atoms with E-state index in [-0.39, 0.29) is 18.6 Å². The van der Waals surface area contributed by atoms with Gasteiger partial charge in [-0.05, 0) is 46.2 Å². The van der Waals surface area contributed by atoms with Gasteiger partial charge in [0.25, 0.3) is 5.91 Å². The molecule has 1 amide bonds. The van der Waals surface area contributed by atoms with Crippen LogP contribution in [0, 0.1) is 0 Å². The van der Waals surface area contributed by atoms with E-state index in [0.717, 1.165) is 21.9 Å². The van der Waals surface area contributed by atoms with E-state index in [1.165, 1.54) is 0 Å². The van der Waals surface area contributed by atoms with Crippen LogP contribution in [-0.4, -0.2) is 12.5 Å². The van der Waals surface area contributed by atoms with Gasteiger partial charge in [0.2, 0.25) is 0 Å². The summed E-state index contributed by atoms with van der Waals surface area (Å²) in [4.78, 5) is 12.6. The van der Waals surface area contributed by atoms with Crippen LogP contribution in [0.4, 0.5) is 0 Å². The molecule has 4 heteroatoms. The Hall–Kier alpha value is -3.30. The van der Waals surface area contributed by atoms with Crippen LogP contribution in [0.5, 0.6) is 5.75 Å². The zero-order valence-corrected chi connectivity index (χ0v) is 16.5. The summed E-state index contributed by atoms with van der Waals surface area (Å²) in [6.45, 7) is -0.0603. The summed E-state index contributed by atoms with van der Waals surface area (Å²) in [5, 5.41) is 5.94. The number of halogens is 1. The monoisotopic (exact) mass is 401 g/mol. The van der Waals surface area contributed by atoms with Crippen molar-refractivity contribution in [2.75, 3.05) is 6.61 Å². The summed E-state index contributed by atoms with van der Waals surface area (Å²) in [5.74, 6) is 0.476. The van der Waals surface area contributed by atoms with E-state index >= 15 is 0 Å². The smallest absolute Gasteiger partial charge is 0.258 e. The van der Waals surface area contributed by atoms with Crippen LogP contribution in [-0.2, 0) is 4.79 Å². The zero-order valence-electron chi connectivity index (χ0n) is 15.7. The Morgan fingerprint density at radius 1 is 0.793 bits per heavy atom. The van der Waals surface area contributed by atoms with Crippen molar-refractivity contribution in [3.05, 3.63) is 113 Å². The third-order valence-corrected chi connectivity index (χ3v) is 4.98. The summed E-state index contributed by atoms with van der Waals surface area (Å²) in [6.07, 6.45) is 0. The number of hydrogen-bond donors (Lipinski definition) is 1. The Morgan fingerprint density at radius 2 is 1.45 bits per heavy atom. The molecule has 1 N–H and O–H groups in total. The molecule has 4 aromatic rings. The summed E-state index contributed by atoms with van der Waals surface area (Å²) in [5.41, 5.74) is 1.95. The number of nitrogens with one attached hydrogen (secondary N) is 1. The van der Waals surface area contributed by atoms with E-state index in [0.29, 0.717) is 10.8 Å². The van der Waals surface area contributed by atoms with E-state index < -0.39 is 0 Å². The first-order chi connectivity index (χ1) is 14.2. The Bertz CT molecular complexity index is 1110. The van der Waals surface area contributed by atoms with Crippen molar-refractivity contribution in [3.8, 4) is 5.75 Å². The van der Waals surface area contributed by atoms with Gasteiger partial charge in [-0.3, -0.25) is 4.79 Å². The van der Waals surface area contributed by atoms with Crippen molar-refractivity contribution in [1.82, 2.24) is 5.32 Å². The third kappa shape index (κ3) is 4.76. The molecule has 0 fully saturated rings. The van der Waals surface area contributed by atoms with Crippen molar-refractivity contribution in [2.45, 2.75) is 6.04 Å². The molecule has 0 bridgehead atoms. The molecule has 4 rings (SSSR count). The predicted octanol–water partition coefficient (Wildman–Crippen LogP) is 5.78. The average molecular weight is 402 g/mol. The largest absolute Gasteiger partial charge is 0.484 e. The first kappa shape index (κ1) is 19.0. The number of fused-ring (bicyclic) bond motifs is 1. The number of carbonyl (C=O) groups is 1. The van der Waals surface area contributed by atoms with Crippen LogP contribution in [0.15, 0.2) is 97.1 Å². The molecule has 0 unspecified atom stereocenters. The number of amides is 1. The topological polar surface area (TPSA) is 38.3 Å². The lowest BCUT2D eigenvalue weighted by molar-refractivity contribution is -0.123. The minimum Gasteiger partial charge on any atom is -0.484 e. The Balaban J connectivity index is 1.48. The van der Waals surface area contributed by atoms with Crippen LogP contribution in [0.25, 0.3) is 10.8 Å². The quantitative estimate of drug-likeness (QED) is 0.445.